The van der Waals surface area contributed by atoms with Gasteiger partial charge in [-0.2, -0.15) is 0 Å². The van der Waals surface area contributed by atoms with Crippen molar-refractivity contribution in [2.45, 2.75) is 25.3 Å². The maximum Gasteiger partial charge on any atom is 0.246 e. The fraction of sp³-hybridized carbons (Fsp3) is 0.333. The van der Waals surface area contributed by atoms with Gasteiger partial charge < -0.3 is 15.7 Å². The molecule has 1 aliphatic rings. The van der Waals surface area contributed by atoms with Crippen molar-refractivity contribution in [2.24, 2.45) is 0 Å². The lowest BCUT2D eigenvalue weighted by Gasteiger charge is -2.11. The molecule has 1 aromatic carbocycles. The Bertz CT molecular complexity index is 619. The highest BCUT2D eigenvalue weighted by Crippen LogP contribution is 2.16. The first-order chi connectivity index (χ1) is 10.1. The molecule has 1 heterocycles. The summed E-state index contributed by atoms with van der Waals surface area (Å²) >= 11 is 0. The van der Waals surface area contributed by atoms with E-state index in [1.165, 1.54) is 18.2 Å². The highest BCUT2D eigenvalue weighted by atomic mass is 19.1. The monoisotopic (exact) mass is 290 g/mol. The molecule has 0 radical (unpaired) electrons. The maximum absolute atomic E-state index is 13.6. The second-order valence-corrected chi connectivity index (χ2v) is 4.62. The van der Waals surface area contributed by atoms with Crippen LogP contribution in [0.5, 0.6) is 0 Å². The van der Waals surface area contributed by atoms with Crippen LogP contribution < -0.4 is 10.6 Å². The van der Waals surface area contributed by atoms with Crippen molar-refractivity contribution < 1.29 is 19.1 Å². The molecule has 21 heavy (non-hydrogen) atoms. The number of aliphatic hydroxyl groups is 1. The number of aliphatic hydroxyl groups excluding tert-OH is 1. The first-order valence-electron chi connectivity index (χ1n) is 6.59. The number of rotatable bonds is 3. The minimum absolute atomic E-state index is 0.0908. The molecule has 2 rings (SSSR count). The number of hydrogen-bond acceptors (Lipinski definition) is 3. The van der Waals surface area contributed by atoms with Gasteiger partial charge in [-0.25, -0.2) is 4.39 Å². The van der Waals surface area contributed by atoms with Gasteiger partial charge in [0.15, 0.2) is 0 Å². The van der Waals surface area contributed by atoms with Crippen LogP contribution in [0, 0.1) is 17.7 Å². The topological polar surface area (TPSA) is 78.4 Å². The summed E-state index contributed by atoms with van der Waals surface area (Å²) in [5.74, 6) is 4.25. The average Bonchev–Trinajstić information content (AvgIpc) is 2.89. The standard InChI is InChI=1S/C15H15FN2O3/c16-12-5-4-11(9-10(12)3-1-2-8-19)17-15(21)13-6-7-14(20)18-13/h4-5,9,13,19H,2,6-8H2,(H,17,21)(H,18,20). The molecule has 5 nitrogen and oxygen atoms in total. The number of amides is 2. The molecule has 0 bridgehead atoms. The Morgan fingerprint density at radius 3 is 3.00 bits per heavy atom. The molecule has 1 aliphatic heterocycles. The smallest absolute Gasteiger partial charge is 0.246 e. The summed E-state index contributed by atoms with van der Waals surface area (Å²) in [4.78, 5) is 23.0. The number of carbonyl (C=O) groups is 2. The van der Waals surface area contributed by atoms with E-state index in [1.54, 1.807) is 0 Å². The second-order valence-electron chi connectivity index (χ2n) is 4.62. The molecule has 1 saturated heterocycles. The maximum atomic E-state index is 13.6. The van der Waals surface area contributed by atoms with E-state index < -0.39 is 11.9 Å². The minimum atomic E-state index is -0.550. The first kappa shape index (κ1) is 15.0. The first-order valence-corrected chi connectivity index (χ1v) is 6.59. The van der Waals surface area contributed by atoms with Gasteiger partial charge >= 0.3 is 0 Å². The third-order valence-electron chi connectivity index (χ3n) is 3.01. The normalized spacial score (nSPS) is 16.9. The molecular formula is C15H15FN2O3. The molecule has 2 amide bonds. The van der Waals surface area contributed by atoms with Crippen LogP contribution in [-0.2, 0) is 9.59 Å². The van der Waals surface area contributed by atoms with Crippen molar-refractivity contribution in [1.29, 1.82) is 0 Å². The summed E-state index contributed by atoms with van der Waals surface area (Å²) in [6, 6.07) is 3.52. The van der Waals surface area contributed by atoms with E-state index in [1.807, 2.05) is 0 Å². The van der Waals surface area contributed by atoms with Gasteiger partial charge in [0, 0.05) is 18.5 Å². The Balaban J connectivity index is 2.07. The fourth-order valence-corrected chi connectivity index (χ4v) is 1.95. The summed E-state index contributed by atoms with van der Waals surface area (Å²) in [6.07, 6.45) is 1.04. The Morgan fingerprint density at radius 1 is 1.52 bits per heavy atom. The molecule has 1 fully saturated rings. The minimum Gasteiger partial charge on any atom is -0.395 e. The number of anilines is 1. The van der Waals surface area contributed by atoms with E-state index in [4.69, 9.17) is 5.11 Å². The van der Waals surface area contributed by atoms with Crippen molar-refractivity contribution in [1.82, 2.24) is 5.32 Å². The third-order valence-corrected chi connectivity index (χ3v) is 3.01. The van der Waals surface area contributed by atoms with Gasteiger partial charge in [-0.15, -0.1) is 0 Å². The van der Waals surface area contributed by atoms with Crippen LogP contribution in [0.4, 0.5) is 10.1 Å². The predicted octanol–water partition coefficient (Wildman–Crippen LogP) is 0.777. The van der Waals surface area contributed by atoms with Gasteiger partial charge in [-0.3, -0.25) is 9.59 Å². The highest BCUT2D eigenvalue weighted by molar-refractivity contribution is 5.99. The fourth-order valence-electron chi connectivity index (χ4n) is 1.95. The SMILES string of the molecule is O=C1CCC(C(=O)Nc2ccc(F)c(C#CCCO)c2)N1. The number of hydrogen-bond donors (Lipinski definition) is 3. The van der Waals surface area contributed by atoms with Crippen molar-refractivity contribution in [3.8, 4) is 11.8 Å². The summed E-state index contributed by atoms with van der Waals surface area (Å²) in [6.45, 7) is -0.0908. The van der Waals surface area contributed by atoms with Crippen LogP contribution in [-0.4, -0.2) is 29.6 Å². The molecule has 3 N–H and O–H groups in total. The lowest BCUT2D eigenvalue weighted by atomic mass is 10.1. The third kappa shape index (κ3) is 4.04. The summed E-state index contributed by atoms with van der Waals surface area (Å²) in [7, 11) is 0. The number of carbonyl (C=O) groups excluding carboxylic acids is 2. The summed E-state index contributed by atoms with van der Waals surface area (Å²) < 4.78 is 13.6. The van der Waals surface area contributed by atoms with Crippen molar-refractivity contribution in [2.75, 3.05) is 11.9 Å². The number of nitrogens with one attached hydrogen (secondary N) is 2. The van der Waals surface area contributed by atoms with Gasteiger partial charge in [-0.1, -0.05) is 11.8 Å². The Kier molecular flexibility index (Phi) is 4.90. The molecule has 0 saturated carbocycles. The Morgan fingerprint density at radius 2 is 2.33 bits per heavy atom. The van der Waals surface area contributed by atoms with Crippen LogP contribution in [0.1, 0.15) is 24.8 Å². The van der Waals surface area contributed by atoms with E-state index in [0.29, 0.717) is 18.5 Å². The molecule has 1 aromatic rings. The Hall–Kier alpha value is -2.39. The van der Waals surface area contributed by atoms with Gasteiger partial charge in [-0.05, 0) is 24.6 Å². The van der Waals surface area contributed by atoms with E-state index >= 15 is 0 Å². The van der Waals surface area contributed by atoms with Crippen LogP contribution in [0.2, 0.25) is 0 Å². The van der Waals surface area contributed by atoms with Gasteiger partial charge in [0.25, 0.3) is 0 Å². The van der Waals surface area contributed by atoms with Crippen LogP contribution >= 0.6 is 0 Å². The van der Waals surface area contributed by atoms with Crippen LogP contribution in [0.3, 0.4) is 0 Å². The van der Waals surface area contributed by atoms with Crippen molar-refractivity contribution in [3.63, 3.8) is 0 Å². The molecular weight excluding hydrogens is 275 g/mol. The summed E-state index contributed by atoms with van der Waals surface area (Å²) in [5, 5.41) is 13.8. The number of benzene rings is 1. The van der Waals surface area contributed by atoms with Crippen LogP contribution in [0.15, 0.2) is 18.2 Å². The van der Waals surface area contributed by atoms with E-state index in [-0.39, 0.29) is 30.4 Å². The molecule has 1 unspecified atom stereocenters. The molecule has 0 aliphatic carbocycles. The molecule has 110 valence electrons. The predicted molar refractivity (Wildman–Crippen MR) is 74.8 cm³/mol. The molecule has 0 aromatic heterocycles. The van der Waals surface area contributed by atoms with Crippen molar-refractivity contribution >= 4 is 17.5 Å². The quantitative estimate of drug-likeness (QED) is 0.720. The zero-order valence-corrected chi connectivity index (χ0v) is 11.3. The zero-order valence-electron chi connectivity index (χ0n) is 11.3. The molecule has 6 heteroatoms. The van der Waals surface area contributed by atoms with Gasteiger partial charge in [0.05, 0.1) is 12.2 Å². The largest absolute Gasteiger partial charge is 0.395 e. The van der Waals surface area contributed by atoms with E-state index in [0.717, 1.165) is 0 Å². The van der Waals surface area contributed by atoms with Gasteiger partial charge in [0.1, 0.15) is 11.9 Å². The lowest BCUT2D eigenvalue weighted by Crippen LogP contribution is -2.37. The van der Waals surface area contributed by atoms with Crippen molar-refractivity contribution in [3.05, 3.63) is 29.6 Å². The van der Waals surface area contributed by atoms with E-state index in [9.17, 15) is 14.0 Å². The van der Waals surface area contributed by atoms with Crippen LogP contribution in [0.25, 0.3) is 0 Å². The highest BCUT2D eigenvalue weighted by Gasteiger charge is 2.27. The molecule has 1 atom stereocenters. The van der Waals surface area contributed by atoms with E-state index in [2.05, 4.69) is 22.5 Å². The average molecular weight is 290 g/mol. The lowest BCUT2D eigenvalue weighted by molar-refractivity contribution is -0.122. The number of halogens is 1. The van der Waals surface area contributed by atoms with Gasteiger partial charge in [0.2, 0.25) is 11.8 Å². The zero-order chi connectivity index (χ0) is 15.2. The summed E-state index contributed by atoms with van der Waals surface area (Å²) in [5.41, 5.74) is 0.563. The second kappa shape index (κ2) is 6.86. The Labute approximate surface area is 121 Å². The molecule has 0 spiro atoms.